The number of alkyl halides is 3. The third kappa shape index (κ3) is 3.56. The number of nitrogens with zero attached hydrogens (tertiary/aromatic N) is 3. The summed E-state index contributed by atoms with van der Waals surface area (Å²) in [5.41, 5.74) is -2.03. The van der Waals surface area contributed by atoms with Crippen LogP contribution in [0, 0.1) is 51.4 Å². The van der Waals surface area contributed by atoms with Crippen LogP contribution in [0.1, 0.15) is 105 Å². The number of fused-ring (bicyclic) bond motifs is 7. The molecule has 5 aliphatic rings. The van der Waals surface area contributed by atoms with Gasteiger partial charge in [-0.15, -0.1) is 0 Å². The fourth-order valence-corrected chi connectivity index (χ4v) is 10.5. The van der Waals surface area contributed by atoms with E-state index >= 15 is 0 Å². The first-order chi connectivity index (χ1) is 19.3. The molecule has 6 nitrogen and oxygen atoms in total. The minimum atomic E-state index is -4.71. The molecule has 0 aliphatic heterocycles. The van der Waals surface area contributed by atoms with Crippen LogP contribution < -0.4 is 0 Å². The van der Waals surface area contributed by atoms with Crippen LogP contribution >= 0.6 is 0 Å². The first kappa shape index (κ1) is 29.3. The van der Waals surface area contributed by atoms with Crippen molar-refractivity contribution >= 4 is 11.6 Å². The lowest BCUT2D eigenvalue weighted by atomic mass is 9.34. The zero-order chi connectivity index (χ0) is 30.9. The number of rotatable bonds is 1. The number of allylic oxidation sites excluding steroid dienone is 4. The van der Waals surface area contributed by atoms with Crippen molar-refractivity contribution in [3.63, 3.8) is 0 Å². The lowest BCUT2D eigenvalue weighted by Gasteiger charge is -2.69. The van der Waals surface area contributed by atoms with Crippen molar-refractivity contribution in [1.29, 1.82) is 0 Å². The van der Waals surface area contributed by atoms with Crippen LogP contribution in [0.4, 0.5) is 13.2 Å². The van der Waals surface area contributed by atoms with E-state index < -0.39 is 45.0 Å². The molecular formula is C33H40F3N3O3. The second-order valence-electron chi connectivity index (χ2n) is 15.8. The summed E-state index contributed by atoms with van der Waals surface area (Å²) in [6.07, 6.45) is 3.72. The van der Waals surface area contributed by atoms with Crippen molar-refractivity contribution in [3.8, 4) is 0 Å². The zero-order valence-electron chi connectivity index (χ0n) is 25.5. The Bertz CT molecular complexity index is 1500. The number of carbonyl (C=O) groups is 2. The molecule has 0 amide bonds. The van der Waals surface area contributed by atoms with Gasteiger partial charge in [0.25, 0.3) is 5.82 Å². The normalized spacial score (nSPS) is 42.3. The molecule has 226 valence electrons. The molecule has 1 aromatic rings. The average Bonchev–Trinajstić information content (AvgIpc) is 3.39. The average molecular weight is 584 g/mol. The van der Waals surface area contributed by atoms with Crippen LogP contribution in [0.15, 0.2) is 27.9 Å². The van der Waals surface area contributed by atoms with E-state index in [0.29, 0.717) is 25.7 Å². The Morgan fingerprint density at radius 3 is 2.29 bits per heavy atom. The smallest absolute Gasteiger partial charge is 0.338 e. The monoisotopic (exact) mass is 583 g/mol. The van der Waals surface area contributed by atoms with E-state index in [9.17, 15) is 22.8 Å². The lowest BCUT2D eigenvalue weighted by Crippen LogP contribution is -2.65. The topological polar surface area (TPSA) is 77.4 Å². The van der Waals surface area contributed by atoms with Crippen molar-refractivity contribution in [3.05, 3.63) is 46.6 Å². The summed E-state index contributed by atoms with van der Waals surface area (Å²) in [5.74, 6) is -2.14. The molecule has 0 bridgehead atoms. The highest BCUT2D eigenvalue weighted by Gasteiger charge is 2.70. The first-order valence-corrected chi connectivity index (χ1v) is 15.1. The Balaban J connectivity index is 1.52. The molecule has 0 radical (unpaired) electrons. The summed E-state index contributed by atoms with van der Waals surface area (Å²) >= 11 is 0. The van der Waals surface area contributed by atoms with Gasteiger partial charge in [0.2, 0.25) is 11.6 Å². The highest BCUT2D eigenvalue weighted by molar-refractivity contribution is 6.03. The summed E-state index contributed by atoms with van der Waals surface area (Å²) < 4.78 is 46.1. The van der Waals surface area contributed by atoms with E-state index in [0.717, 1.165) is 24.8 Å². The highest BCUT2D eigenvalue weighted by Crippen LogP contribution is 2.74. The molecule has 0 spiro atoms. The van der Waals surface area contributed by atoms with Gasteiger partial charge in [0.05, 0.1) is 12.0 Å². The standard InChI is InChI=1S/C33H40F3N3O3/c1-27(2)11-13-32(26-38-25(39-42-26)33(34,35)36)14-12-31(7)23(18(32)16-27)20(40)15-22-29(5)17-19(37-8)24(41)28(3,4)21(29)9-10-30(22,31)6/h15,17-18,21,23H,9-14,16H2,1-7H3/t18-,21-,23-,29-,30+,31+,32-/m0/s1. The maximum atomic E-state index is 14.6. The van der Waals surface area contributed by atoms with E-state index in [-0.39, 0.29) is 40.4 Å². The molecule has 6 rings (SSSR count). The van der Waals surface area contributed by atoms with Gasteiger partial charge in [-0.25, -0.2) is 4.85 Å². The number of Topliss-reactive ketones (excluding diaryl/α,β-unsaturated/α-hetero) is 1. The fraction of sp³-hybridized carbons (Fsp3) is 0.727. The molecule has 1 heterocycles. The minimum absolute atomic E-state index is 0.0120. The summed E-state index contributed by atoms with van der Waals surface area (Å²) in [4.78, 5) is 35.4. The maximum Gasteiger partial charge on any atom is 0.455 e. The number of aromatic nitrogens is 2. The molecule has 0 unspecified atom stereocenters. The third-order valence-electron chi connectivity index (χ3n) is 12.9. The number of hydrogen-bond donors (Lipinski definition) is 0. The van der Waals surface area contributed by atoms with Crippen molar-refractivity contribution in [2.75, 3.05) is 0 Å². The van der Waals surface area contributed by atoms with Gasteiger partial charge in [-0.3, -0.25) is 4.79 Å². The second-order valence-corrected chi connectivity index (χ2v) is 15.8. The van der Waals surface area contributed by atoms with Gasteiger partial charge in [-0.1, -0.05) is 65.3 Å². The number of hydrogen-bond acceptors (Lipinski definition) is 5. The number of carbonyl (C=O) groups excluding carboxylic acids is 2. The SMILES string of the molecule is [C-]#[N+]C1=C[C@]2(C)C3=CC(=O)[C@@H]4[C@@H]5CC(C)(C)CC[C@]5(c5nc(C(F)(F)F)no5)CC[C@@]4(C)[C@]3(C)CC[C@H]2C(C)(C)C1=O. The van der Waals surface area contributed by atoms with Gasteiger partial charge in [0.1, 0.15) is 0 Å². The molecule has 0 aromatic carbocycles. The summed E-state index contributed by atoms with van der Waals surface area (Å²) in [5, 5.41) is 3.33. The third-order valence-corrected chi connectivity index (χ3v) is 12.9. The fourth-order valence-electron chi connectivity index (χ4n) is 10.5. The van der Waals surface area contributed by atoms with Crippen LogP contribution in [0.5, 0.6) is 0 Å². The van der Waals surface area contributed by atoms with E-state index in [1.165, 1.54) is 0 Å². The van der Waals surface area contributed by atoms with Gasteiger partial charge in [0.15, 0.2) is 11.6 Å². The van der Waals surface area contributed by atoms with E-state index in [1.807, 2.05) is 19.9 Å². The summed E-state index contributed by atoms with van der Waals surface area (Å²) in [6, 6.07) is 0. The lowest BCUT2D eigenvalue weighted by molar-refractivity contribution is -0.161. The highest BCUT2D eigenvalue weighted by atomic mass is 19.4. The first-order valence-electron chi connectivity index (χ1n) is 15.1. The molecule has 42 heavy (non-hydrogen) atoms. The van der Waals surface area contributed by atoms with Crippen molar-refractivity contribution in [2.45, 2.75) is 105 Å². The van der Waals surface area contributed by atoms with Gasteiger partial charge in [-0.2, -0.15) is 18.2 Å². The van der Waals surface area contributed by atoms with Crippen molar-refractivity contribution < 1.29 is 27.3 Å². The van der Waals surface area contributed by atoms with Crippen molar-refractivity contribution in [1.82, 2.24) is 10.1 Å². The van der Waals surface area contributed by atoms with Gasteiger partial charge >= 0.3 is 6.18 Å². The molecular weight excluding hydrogens is 543 g/mol. The van der Waals surface area contributed by atoms with Crippen LogP contribution in [0.2, 0.25) is 0 Å². The van der Waals surface area contributed by atoms with Crippen LogP contribution in [0.25, 0.3) is 4.85 Å². The van der Waals surface area contributed by atoms with Crippen LogP contribution in [-0.2, 0) is 21.2 Å². The Morgan fingerprint density at radius 1 is 1.00 bits per heavy atom. The Hall–Kier alpha value is -2.76. The molecule has 9 heteroatoms. The Labute approximate surface area is 245 Å². The predicted molar refractivity (Wildman–Crippen MR) is 148 cm³/mol. The molecule has 7 atom stereocenters. The molecule has 3 fully saturated rings. The number of halogens is 3. The van der Waals surface area contributed by atoms with Crippen LogP contribution in [-0.4, -0.2) is 21.7 Å². The van der Waals surface area contributed by atoms with Gasteiger partial charge in [0, 0.05) is 16.7 Å². The quantitative estimate of drug-likeness (QED) is 0.314. The Kier molecular flexibility index (Phi) is 5.90. The molecule has 3 saturated carbocycles. The molecule has 0 N–H and O–H groups in total. The molecule has 0 saturated heterocycles. The molecule has 5 aliphatic carbocycles. The van der Waals surface area contributed by atoms with E-state index in [1.54, 1.807) is 6.08 Å². The van der Waals surface area contributed by atoms with Crippen LogP contribution in [0.3, 0.4) is 0 Å². The van der Waals surface area contributed by atoms with Crippen molar-refractivity contribution in [2.24, 2.45) is 44.8 Å². The Morgan fingerprint density at radius 2 is 1.67 bits per heavy atom. The maximum absolute atomic E-state index is 14.6. The zero-order valence-corrected chi connectivity index (χ0v) is 25.5. The predicted octanol–water partition coefficient (Wildman–Crippen LogP) is 7.91. The largest absolute Gasteiger partial charge is 0.455 e. The van der Waals surface area contributed by atoms with E-state index in [2.05, 4.69) is 49.6 Å². The number of ketones is 2. The van der Waals surface area contributed by atoms with Gasteiger partial charge in [-0.05, 0) is 79.1 Å². The van der Waals surface area contributed by atoms with Gasteiger partial charge < -0.3 is 9.32 Å². The summed E-state index contributed by atoms with van der Waals surface area (Å²) in [6.45, 7) is 22.4. The van der Waals surface area contributed by atoms with E-state index in [4.69, 9.17) is 11.1 Å². The molecule has 1 aromatic heterocycles. The minimum Gasteiger partial charge on any atom is -0.338 e. The second kappa shape index (κ2) is 8.45. The summed E-state index contributed by atoms with van der Waals surface area (Å²) in [7, 11) is 0.